The minimum Gasteiger partial charge on any atom is -0.356 e. The van der Waals surface area contributed by atoms with Gasteiger partial charge >= 0.3 is 6.18 Å². The average Bonchev–Trinajstić information content (AvgIpc) is 2.34. The number of carbonyl (C=O) groups excluding carboxylic acids is 1. The normalized spacial score (nSPS) is 19.6. The molecule has 1 aliphatic rings. The van der Waals surface area contributed by atoms with E-state index in [9.17, 15) is 18.0 Å². The van der Waals surface area contributed by atoms with Gasteiger partial charge in [0.1, 0.15) is 0 Å². The molecule has 1 aliphatic heterocycles. The van der Waals surface area contributed by atoms with Crippen molar-refractivity contribution in [3.63, 3.8) is 0 Å². The Hall–Kier alpha value is -0.780. The largest absolute Gasteiger partial charge is 0.389 e. The summed E-state index contributed by atoms with van der Waals surface area (Å²) in [5.74, 6) is -0.501. The number of alkyl halides is 3. The molecule has 1 rings (SSSR count). The van der Waals surface area contributed by atoms with Gasteiger partial charge in [-0.3, -0.25) is 4.79 Å². The zero-order valence-corrected chi connectivity index (χ0v) is 10.7. The first-order valence-corrected chi connectivity index (χ1v) is 6.41. The van der Waals surface area contributed by atoms with Crippen LogP contribution >= 0.6 is 0 Å². The predicted octanol–water partition coefficient (Wildman–Crippen LogP) is 2.22. The number of halogens is 3. The number of hydrogen-bond acceptors (Lipinski definition) is 2. The molecule has 18 heavy (non-hydrogen) atoms. The second-order valence-electron chi connectivity index (χ2n) is 5.00. The molecule has 0 bridgehead atoms. The molecule has 0 aromatic rings. The zero-order valence-electron chi connectivity index (χ0n) is 10.7. The van der Waals surface area contributed by atoms with Crippen molar-refractivity contribution in [3.8, 4) is 0 Å². The first-order valence-electron chi connectivity index (χ1n) is 6.41. The van der Waals surface area contributed by atoms with Gasteiger partial charge in [0, 0.05) is 13.0 Å². The summed E-state index contributed by atoms with van der Waals surface area (Å²) in [7, 11) is 0. The van der Waals surface area contributed by atoms with Crippen molar-refractivity contribution in [2.45, 2.75) is 45.2 Å². The van der Waals surface area contributed by atoms with E-state index < -0.39 is 24.9 Å². The Bertz CT molecular complexity index is 273. The number of rotatable bonds is 5. The van der Waals surface area contributed by atoms with Crippen LogP contribution in [-0.2, 0) is 4.79 Å². The van der Waals surface area contributed by atoms with Gasteiger partial charge < -0.3 is 10.6 Å². The average molecular weight is 266 g/mol. The number of carbonyl (C=O) groups is 1. The van der Waals surface area contributed by atoms with E-state index in [1.807, 2.05) is 0 Å². The van der Waals surface area contributed by atoms with Crippen LogP contribution in [0.2, 0.25) is 0 Å². The Morgan fingerprint density at radius 2 is 1.94 bits per heavy atom. The van der Waals surface area contributed by atoms with Crippen molar-refractivity contribution in [2.75, 3.05) is 19.6 Å². The highest BCUT2D eigenvalue weighted by molar-refractivity contribution is 5.75. The molecule has 0 aliphatic carbocycles. The number of hydrogen-bond donors (Lipinski definition) is 2. The molecule has 0 aromatic heterocycles. The van der Waals surface area contributed by atoms with Gasteiger partial charge in [-0.1, -0.05) is 6.92 Å². The Labute approximate surface area is 106 Å². The summed E-state index contributed by atoms with van der Waals surface area (Å²) in [6.45, 7) is 4.37. The lowest BCUT2D eigenvalue weighted by Gasteiger charge is -2.37. The summed E-state index contributed by atoms with van der Waals surface area (Å²) in [6.07, 6.45) is -2.91. The third-order valence-electron chi connectivity index (χ3n) is 3.71. The van der Waals surface area contributed by atoms with Crippen molar-refractivity contribution in [1.82, 2.24) is 10.6 Å². The lowest BCUT2D eigenvalue weighted by atomic mass is 9.76. The monoisotopic (exact) mass is 266 g/mol. The third-order valence-corrected chi connectivity index (χ3v) is 3.71. The number of nitrogens with one attached hydrogen (secondary N) is 2. The lowest BCUT2D eigenvalue weighted by Crippen LogP contribution is -2.44. The summed E-state index contributed by atoms with van der Waals surface area (Å²) >= 11 is 0. The highest BCUT2D eigenvalue weighted by atomic mass is 19.4. The summed E-state index contributed by atoms with van der Waals surface area (Å²) in [6, 6.07) is 0. The Morgan fingerprint density at radius 3 is 2.44 bits per heavy atom. The van der Waals surface area contributed by atoms with Gasteiger partial charge in [-0.25, -0.2) is 0 Å². The molecule has 1 saturated heterocycles. The van der Waals surface area contributed by atoms with E-state index in [0.717, 1.165) is 32.4 Å². The first-order chi connectivity index (χ1) is 8.37. The topological polar surface area (TPSA) is 41.1 Å². The number of amides is 1. The Balaban J connectivity index is 2.32. The van der Waals surface area contributed by atoms with E-state index >= 15 is 0 Å². The van der Waals surface area contributed by atoms with E-state index in [4.69, 9.17) is 0 Å². The molecule has 0 spiro atoms. The molecule has 2 N–H and O–H groups in total. The van der Waals surface area contributed by atoms with Crippen LogP contribution in [0.25, 0.3) is 0 Å². The van der Waals surface area contributed by atoms with Gasteiger partial charge in [0.25, 0.3) is 0 Å². The maximum atomic E-state index is 12.0. The van der Waals surface area contributed by atoms with Crippen LogP contribution in [0.5, 0.6) is 0 Å². The quantitative estimate of drug-likeness (QED) is 0.801. The van der Waals surface area contributed by atoms with Crippen LogP contribution in [0.1, 0.15) is 39.0 Å². The van der Waals surface area contributed by atoms with Gasteiger partial charge in [-0.2, -0.15) is 13.2 Å². The maximum Gasteiger partial charge on any atom is 0.389 e. The van der Waals surface area contributed by atoms with Crippen LogP contribution in [-0.4, -0.2) is 31.7 Å². The van der Waals surface area contributed by atoms with Crippen LogP contribution in [0.15, 0.2) is 0 Å². The SMILES string of the molecule is CCC1(CNC(=O)CCC(F)(F)F)CCNCC1. The second-order valence-corrected chi connectivity index (χ2v) is 5.00. The van der Waals surface area contributed by atoms with Crippen molar-refractivity contribution in [3.05, 3.63) is 0 Å². The summed E-state index contributed by atoms with van der Waals surface area (Å²) < 4.78 is 35.9. The molecule has 1 heterocycles. The first kappa shape index (κ1) is 15.3. The summed E-state index contributed by atoms with van der Waals surface area (Å²) in [5, 5.41) is 5.90. The van der Waals surface area contributed by atoms with E-state index in [1.54, 1.807) is 0 Å². The zero-order chi connectivity index (χ0) is 13.6. The van der Waals surface area contributed by atoms with Crippen molar-refractivity contribution in [1.29, 1.82) is 0 Å². The molecule has 0 atom stereocenters. The van der Waals surface area contributed by atoms with Gasteiger partial charge in [0.2, 0.25) is 5.91 Å². The fourth-order valence-electron chi connectivity index (χ4n) is 2.24. The molecule has 106 valence electrons. The molecule has 6 heteroatoms. The third kappa shape index (κ3) is 5.25. The number of piperidine rings is 1. The predicted molar refractivity (Wildman–Crippen MR) is 63.1 cm³/mol. The van der Waals surface area contributed by atoms with E-state index in [1.165, 1.54) is 0 Å². The molecule has 0 aromatic carbocycles. The summed E-state index contributed by atoms with van der Waals surface area (Å²) in [4.78, 5) is 11.4. The van der Waals surface area contributed by atoms with Crippen molar-refractivity contribution in [2.24, 2.45) is 5.41 Å². The lowest BCUT2D eigenvalue weighted by molar-refractivity contribution is -0.144. The minimum atomic E-state index is -4.26. The van der Waals surface area contributed by atoms with Gasteiger partial charge in [-0.15, -0.1) is 0 Å². The van der Waals surface area contributed by atoms with Crippen molar-refractivity contribution >= 4 is 5.91 Å². The molecule has 1 amide bonds. The highest BCUT2D eigenvalue weighted by Gasteiger charge is 2.31. The van der Waals surface area contributed by atoms with Crippen LogP contribution in [0.3, 0.4) is 0 Å². The smallest absolute Gasteiger partial charge is 0.356 e. The van der Waals surface area contributed by atoms with E-state index in [0.29, 0.717) is 6.54 Å². The Morgan fingerprint density at radius 1 is 1.33 bits per heavy atom. The standard InChI is InChI=1S/C12H21F3N2O/c1-2-11(5-7-16-8-6-11)9-17-10(18)3-4-12(13,14)15/h16H,2-9H2,1H3,(H,17,18). The molecule has 0 radical (unpaired) electrons. The van der Waals surface area contributed by atoms with Gasteiger partial charge in [0.15, 0.2) is 0 Å². The molecule has 0 saturated carbocycles. The van der Waals surface area contributed by atoms with Crippen LogP contribution < -0.4 is 10.6 Å². The fourth-order valence-corrected chi connectivity index (χ4v) is 2.24. The van der Waals surface area contributed by atoms with Crippen LogP contribution in [0, 0.1) is 5.41 Å². The molecule has 3 nitrogen and oxygen atoms in total. The summed E-state index contributed by atoms with van der Waals surface area (Å²) in [5.41, 5.74) is 0.0547. The van der Waals surface area contributed by atoms with E-state index in [-0.39, 0.29) is 5.41 Å². The second kappa shape index (κ2) is 6.41. The fraction of sp³-hybridized carbons (Fsp3) is 0.917. The van der Waals surface area contributed by atoms with Gasteiger partial charge in [-0.05, 0) is 37.8 Å². The van der Waals surface area contributed by atoms with Crippen LogP contribution in [0.4, 0.5) is 13.2 Å². The highest BCUT2D eigenvalue weighted by Crippen LogP contribution is 2.31. The Kier molecular flexibility index (Phi) is 5.44. The molecular formula is C12H21F3N2O. The van der Waals surface area contributed by atoms with E-state index in [2.05, 4.69) is 17.6 Å². The molecule has 0 unspecified atom stereocenters. The molecular weight excluding hydrogens is 245 g/mol. The molecule has 1 fully saturated rings. The minimum absolute atomic E-state index is 0.0547. The maximum absolute atomic E-state index is 12.0. The van der Waals surface area contributed by atoms with Gasteiger partial charge in [0.05, 0.1) is 6.42 Å². The van der Waals surface area contributed by atoms with Crippen molar-refractivity contribution < 1.29 is 18.0 Å².